The average Bonchev–Trinajstić information content (AvgIpc) is 1.94. The van der Waals surface area contributed by atoms with E-state index in [1.807, 2.05) is 11.8 Å². The van der Waals surface area contributed by atoms with Crippen LogP contribution >= 0.6 is 11.8 Å². The Kier molecular flexibility index (Phi) is 10.1. The van der Waals surface area contributed by atoms with Gasteiger partial charge in [-0.05, 0) is 155 Å². The van der Waals surface area contributed by atoms with Crippen LogP contribution < -0.4 is 9.64 Å². The molecule has 2 heterocycles. The van der Waals surface area contributed by atoms with E-state index in [2.05, 4.69) is 314 Å². The predicted molar refractivity (Wildman–Crippen MR) is 343 cm³/mol. The molecular formula is C81H51NOS. The standard InChI is InChI=1S/C81H51NOS/c1-3-23-53(24-4-1)79(54-25-5-2-6-26-54)64-31-11-7-28-58(64)61-46-43-52(49-72(61)79)57-27-10-18-38-74(57)82(55-45-48-67-63(50-55)60-30-9-13-33-66(60)80(67)70-36-16-21-41-77(70)84-78-42-22-17-37-71(78)80)56-44-47-62-59-29-8-12-32-65(59)81(73(62)51-56)68-34-14-19-39-75(68)83-76-40-20-15-35-69(76)81/h1-51H. The highest BCUT2D eigenvalue weighted by Crippen LogP contribution is 2.66. The molecule has 0 amide bonds. The van der Waals surface area contributed by atoms with Gasteiger partial charge in [0, 0.05) is 37.9 Å². The Hall–Kier alpha value is -10.2. The van der Waals surface area contributed by atoms with Gasteiger partial charge >= 0.3 is 0 Å². The Morgan fingerprint density at radius 1 is 0.250 bits per heavy atom. The topological polar surface area (TPSA) is 12.5 Å². The van der Waals surface area contributed by atoms with Crippen LogP contribution in [-0.2, 0) is 16.2 Å². The Bertz CT molecular complexity index is 4750. The fourth-order valence-electron chi connectivity index (χ4n) is 15.9. The van der Waals surface area contributed by atoms with Gasteiger partial charge in [0.2, 0.25) is 0 Å². The summed E-state index contributed by atoms with van der Waals surface area (Å²) in [6, 6.07) is 116. The molecule has 0 N–H and O–H groups in total. The Morgan fingerprint density at radius 2 is 0.643 bits per heavy atom. The SMILES string of the molecule is c1ccc(C2(c3ccccc3)c3ccccc3-c3ccc(-c4ccccc4N(c4ccc5c(c4)-c4ccccc4C54c5ccccc5Sc5ccccc54)c4ccc5c(c4)C4(c6ccccc6Oc6ccccc64)c4ccccc4-5)cc32)cc1. The molecule has 3 heteroatoms. The van der Waals surface area contributed by atoms with Gasteiger partial charge in [-0.2, -0.15) is 0 Å². The maximum absolute atomic E-state index is 6.85. The monoisotopic (exact) mass is 1090 g/mol. The molecular weight excluding hydrogens is 1030 g/mol. The predicted octanol–water partition coefficient (Wildman–Crippen LogP) is 20.5. The molecule has 0 unspecified atom stereocenters. The van der Waals surface area contributed by atoms with Gasteiger partial charge in [0.25, 0.3) is 0 Å². The van der Waals surface area contributed by atoms with E-state index < -0.39 is 16.2 Å². The first-order valence-electron chi connectivity index (χ1n) is 29.1. The maximum Gasteiger partial charge on any atom is 0.132 e. The zero-order chi connectivity index (χ0) is 55.1. The molecule has 2 aliphatic heterocycles. The van der Waals surface area contributed by atoms with Crippen molar-refractivity contribution in [3.8, 4) is 56.0 Å². The lowest BCUT2D eigenvalue weighted by atomic mass is 9.66. The molecule has 13 aromatic rings. The molecule has 0 saturated carbocycles. The van der Waals surface area contributed by atoms with Crippen molar-refractivity contribution < 1.29 is 4.74 Å². The normalized spacial score (nSPS) is 14.8. The van der Waals surface area contributed by atoms with E-state index in [1.165, 1.54) is 98.8 Å². The number of ether oxygens (including phenoxy) is 1. The van der Waals surface area contributed by atoms with Crippen molar-refractivity contribution in [3.05, 3.63) is 376 Å². The fraction of sp³-hybridized carbons (Fsp3) is 0.0370. The smallest absolute Gasteiger partial charge is 0.132 e. The summed E-state index contributed by atoms with van der Waals surface area (Å²) in [6.07, 6.45) is 0. The Labute approximate surface area is 493 Å². The highest BCUT2D eigenvalue weighted by molar-refractivity contribution is 7.99. The first kappa shape index (κ1) is 47.4. The maximum atomic E-state index is 6.85. The lowest BCUT2D eigenvalue weighted by Crippen LogP contribution is -2.32. The number of fused-ring (bicyclic) bond motifs is 21. The van der Waals surface area contributed by atoms with Gasteiger partial charge < -0.3 is 9.64 Å². The zero-order valence-corrected chi connectivity index (χ0v) is 46.5. The molecule has 0 aromatic heterocycles. The minimum absolute atomic E-state index is 0.507. The van der Waals surface area contributed by atoms with Crippen LogP contribution in [0.25, 0.3) is 44.5 Å². The minimum Gasteiger partial charge on any atom is -0.457 e. The van der Waals surface area contributed by atoms with Crippen LogP contribution in [0, 0.1) is 0 Å². The molecule has 0 fully saturated rings. The van der Waals surface area contributed by atoms with Crippen molar-refractivity contribution >= 4 is 28.8 Å². The number of hydrogen-bond donors (Lipinski definition) is 0. The molecule has 84 heavy (non-hydrogen) atoms. The third kappa shape index (κ3) is 6.21. The van der Waals surface area contributed by atoms with Crippen molar-refractivity contribution in [3.63, 3.8) is 0 Å². The third-order valence-electron chi connectivity index (χ3n) is 19.1. The van der Waals surface area contributed by atoms with Gasteiger partial charge in [0.05, 0.1) is 21.9 Å². The second-order valence-electron chi connectivity index (χ2n) is 22.9. The van der Waals surface area contributed by atoms with Crippen LogP contribution in [0.1, 0.15) is 66.8 Å². The summed E-state index contributed by atoms with van der Waals surface area (Å²) in [6.45, 7) is 0. The van der Waals surface area contributed by atoms with E-state index in [-0.39, 0.29) is 0 Å². The Morgan fingerprint density at radius 3 is 1.24 bits per heavy atom. The van der Waals surface area contributed by atoms with E-state index in [1.54, 1.807) is 0 Å². The molecule has 0 radical (unpaired) electrons. The summed E-state index contributed by atoms with van der Waals surface area (Å²) >= 11 is 1.89. The minimum atomic E-state index is -0.658. The molecule has 0 bridgehead atoms. The summed E-state index contributed by atoms with van der Waals surface area (Å²) in [7, 11) is 0. The largest absolute Gasteiger partial charge is 0.457 e. The number of para-hydroxylation sites is 3. The van der Waals surface area contributed by atoms with E-state index in [4.69, 9.17) is 4.74 Å². The number of nitrogens with zero attached hydrogens (tertiary/aromatic N) is 1. The summed E-state index contributed by atoms with van der Waals surface area (Å²) in [4.78, 5) is 5.15. The fourth-order valence-corrected chi connectivity index (χ4v) is 17.1. The van der Waals surface area contributed by atoms with Crippen molar-refractivity contribution in [2.45, 2.75) is 26.0 Å². The van der Waals surface area contributed by atoms with Gasteiger partial charge in [-0.15, -0.1) is 0 Å². The Balaban J connectivity index is 0.910. The second kappa shape index (κ2) is 17.9. The summed E-state index contributed by atoms with van der Waals surface area (Å²) in [5.41, 5.74) is 26.4. The van der Waals surface area contributed by atoms with Gasteiger partial charge in [-0.25, -0.2) is 0 Å². The van der Waals surface area contributed by atoms with Crippen LogP contribution in [0.4, 0.5) is 17.1 Å². The average molecular weight is 1090 g/mol. The number of hydrogen-bond acceptors (Lipinski definition) is 3. The molecule has 0 atom stereocenters. The number of benzene rings is 13. The van der Waals surface area contributed by atoms with Crippen LogP contribution in [0.2, 0.25) is 0 Å². The second-order valence-corrected chi connectivity index (χ2v) is 24.0. The van der Waals surface area contributed by atoms with Crippen molar-refractivity contribution in [2.75, 3.05) is 4.90 Å². The molecule has 3 aliphatic carbocycles. The molecule has 392 valence electrons. The van der Waals surface area contributed by atoms with Gasteiger partial charge in [0.15, 0.2) is 0 Å². The molecule has 5 aliphatic rings. The van der Waals surface area contributed by atoms with Crippen molar-refractivity contribution in [1.82, 2.24) is 0 Å². The molecule has 0 saturated heterocycles. The highest BCUT2D eigenvalue weighted by Gasteiger charge is 2.53. The van der Waals surface area contributed by atoms with Crippen LogP contribution in [0.3, 0.4) is 0 Å². The van der Waals surface area contributed by atoms with E-state index >= 15 is 0 Å². The van der Waals surface area contributed by atoms with E-state index in [9.17, 15) is 0 Å². The van der Waals surface area contributed by atoms with Gasteiger partial charge in [0.1, 0.15) is 11.5 Å². The summed E-state index contributed by atoms with van der Waals surface area (Å²) < 4.78 is 6.85. The molecule has 2 nitrogen and oxygen atoms in total. The first-order chi connectivity index (χ1) is 41.7. The van der Waals surface area contributed by atoms with Crippen LogP contribution in [0.5, 0.6) is 11.5 Å². The van der Waals surface area contributed by atoms with E-state index in [0.29, 0.717) is 0 Å². The number of anilines is 3. The van der Waals surface area contributed by atoms with Crippen molar-refractivity contribution in [1.29, 1.82) is 0 Å². The van der Waals surface area contributed by atoms with Gasteiger partial charge in [-0.1, -0.05) is 260 Å². The quantitative estimate of drug-likeness (QED) is 0.165. The lowest BCUT2D eigenvalue weighted by molar-refractivity contribution is 0.436. The summed E-state index contributed by atoms with van der Waals surface area (Å²) in [5, 5.41) is 0. The zero-order valence-electron chi connectivity index (χ0n) is 45.7. The van der Waals surface area contributed by atoms with Crippen LogP contribution in [-0.4, -0.2) is 0 Å². The highest BCUT2D eigenvalue weighted by atomic mass is 32.2. The summed E-state index contributed by atoms with van der Waals surface area (Å²) in [5.74, 6) is 1.76. The number of rotatable bonds is 6. The third-order valence-corrected chi connectivity index (χ3v) is 20.2. The van der Waals surface area contributed by atoms with Crippen molar-refractivity contribution in [2.24, 2.45) is 0 Å². The van der Waals surface area contributed by atoms with Crippen LogP contribution in [0.15, 0.2) is 319 Å². The molecule has 13 aromatic carbocycles. The first-order valence-corrected chi connectivity index (χ1v) is 30.0. The van der Waals surface area contributed by atoms with Gasteiger partial charge in [-0.3, -0.25) is 0 Å². The molecule has 2 spiro atoms. The van der Waals surface area contributed by atoms with E-state index in [0.717, 1.165) is 50.8 Å². The molecule has 18 rings (SSSR count). The lowest BCUT2D eigenvalue weighted by Gasteiger charge is -2.40.